The summed E-state index contributed by atoms with van der Waals surface area (Å²) in [6, 6.07) is 83.5. The normalized spacial score (nSPS) is 15.1. The molecule has 0 radical (unpaired) electrons. The molecule has 0 bridgehead atoms. The van der Waals surface area contributed by atoms with Crippen molar-refractivity contribution in [3.8, 4) is 42.3 Å². The maximum atomic E-state index is 2.80. The van der Waals surface area contributed by atoms with Crippen molar-refractivity contribution in [1.29, 1.82) is 0 Å². The molecule has 0 amide bonds. The van der Waals surface area contributed by atoms with Gasteiger partial charge in [-0.15, -0.1) is 0 Å². The Morgan fingerprint density at radius 2 is 0.647 bits per heavy atom. The molecule has 21 rings (SSSR count). The summed E-state index contributed by atoms with van der Waals surface area (Å²) >= 11 is -0.0984. The molecule has 0 aliphatic carbocycles. The van der Waals surface area contributed by atoms with E-state index in [9.17, 15) is 0 Å². The van der Waals surface area contributed by atoms with Crippen LogP contribution in [0.15, 0.2) is 218 Å². The fourth-order valence-electron chi connectivity index (χ4n) is 16.9. The van der Waals surface area contributed by atoms with E-state index in [4.69, 9.17) is 0 Å². The van der Waals surface area contributed by atoms with E-state index < -0.39 is 0 Å². The number of benzene rings is 11. The zero-order valence-corrected chi connectivity index (χ0v) is 48.6. The summed E-state index contributed by atoms with van der Waals surface area (Å²) in [5.74, 6) is 0. The van der Waals surface area contributed by atoms with Crippen molar-refractivity contribution < 1.29 is 0 Å². The topological polar surface area (TPSA) is 25.9 Å². The maximum absolute atomic E-state index is 2.80. The van der Waals surface area contributed by atoms with Crippen molar-refractivity contribution in [3.63, 3.8) is 0 Å². The van der Waals surface area contributed by atoms with Crippen LogP contribution in [-0.2, 0) is 0 Å². The van der Waals surface area contributed by atoms with E-state index in [1.165, 1.54) is 189 Å². The molecule has 11 heteroatoms. The predicted octanol–water partition coefficient (Wildman–Crippen LogP) is 14.2. The first-order valence-electron chi connectivity index (χ1n) is 29.6. The van der Waals surface area contributed by atoms with Crippen LogP contribution in [0.4, 0.5) is 114 Å². The van der Waals surface area contributed by atoms with Crippen molar-refractivity contribution in [2.24, 2.45) is 0 Å². The van der Waals surface area contributed by atoms with Crippen molar-refractivity contribution in [2.45, 2.75) is 0 Å². The van der Waals surface area contributed by atoms with Gasteiger partial charge in [-0.05, 0) is 0 Å². The SMILES string of the molecule is CN1c2cc(-c3ccccc3)cc3c2N2c4c1cccc4N(C)c1ccc4c(c12)B3c1ccc2c3c1N4c1c(-c4ccccc4)[se]c(-c4ccccc4)c1N3c1ccc3c4c1B2c1ccc(-c2ccccc2)c2c1N4c1c(cccc1N2C)N3C. The molecule has 85 heavy (non-hydrogen) atoms. The molecule has 0 unspecified atom stereocenters. The Labute approximate surface area is 499 Å². The third-order valence-electron chi connectivity index (χ3n) is 20.4. The molecular formula is C74H48B2N8Se. The molecule has 0 spiro atoms. The summed E-state index contributed by atoms with van der Waals surface area (Å²) in [7, 11) is 9.13. The molecule has 10 heterocycles. The van der Waals surface area contributed by atoms with Gasteiger partial charge in [-0.3, -0.25) is 0 Å². The van der Waals surface area contributed by atoms with Gasteiger partial charge in [-0.25, -0.2) is 0 Å². The second kappa shape index (κ2) is 15.6. The molecule has 9 aliphatic heterocycles. The minimum absolute atomic E-state index is 0.0863. The molecule has 0 fully saturated rings. The van der Waals surface area contributed by atoms with Gasteiger partial charge >= 0.3 is 478 Å². The summed E-state index contributed by atoms with van der Waals surface area (Å²) in [5.41, 5.74) is 40.6. The number of hydrogen-bond acceptors (Lipinski definition) is 8. The number of fused-ring (bicyclic) bond motifs is 9. The first-order chi connectivity index (χ1) is 41.9. The molecule has 9 aliphatic rings. The minimum atomic E-state index is -0.0984. The predicted molar refractivity (Wildman–Crippen MR) is 359 cm³/mol. The van der Waals surface area contributed by atoms with Gasteiger partial charge in [0.25, 0.3) is 0 Å². The summed E-state index contributed by atoms with van der Waals surface area (Å²) in [4.78, 5) is 20.8. The summed E-state index contributed by atoms with van der Waals surface area (Å²) < 4.78 is 2.80. The van der Waals surface area contributed by atoms with E-state index in [1.807, 2.05) is 0 Å². The van der Waals surface area contributed by atoms with E-state index in [2.05, 4.69) is 286 Å². The van der Waals surface area contributed by atoms with Gasteiger partial charge in [0.2, 0.25) is 0 Å². The van der Waals surface area contributed by atoms with E-state index in [-0.39, 0.29) is 27.9 Å². The van der Waals surface area contributed by atoms with Crippen molar-refractivity contribution in [3.05, 3.63) is 218 Å². The zero-order valence-electron chi connectivity index (χ0n) is 46.9. The van der Waals surface area contributed by atoms with Gasteiger partial charge in [-0.1, -0.05) is 24.3 Å². The fraction of sp³-hybridized carbons (Fsp3) is 0.0541. The van der Waals surface area contributed by atoms with Crippen LogP contribution in [0.5, 0.6) is 0 Å². The average Bonchev–Trinajstić information content (AvgIpc) is 1.45. The Bertz CT molecular complexity index is 5090. The third kappa shape index (κ3) is 5.25. The van der Waals surface area contributed by atoms with Crippen LogP contribution < -0.4 is 72.0 Å². The quantitative estimate of drug-likeness (QED) is 0.161. The Kier molecular flexibility index (Phi) is 8.33. The van der Waals surface area contributed by atoms with Crippen molar-refractivity contribution in [2.75, 3.05) is 67.4 Å². The zero-order chi connectivity index (χ0) is 55.6. The Balaban J connectivity index is 0.928. The Morgan fingerprint density at radius 3 is 1.16 bits per heavy atom. The molecule has 0 atom stereocenters. The Hall–Kier alpha value is -10.1. The van der Waals surface area contributed by atoms with Gasteiger partial charge in [0.15, 0.2) is 0 Å². The van der Waals surface area contributed by atoms with E-state index >= 15 is 0 Å². The summed E-state index contributed by atoms with van der Waals surface area (Å²) in [6.07, 6.45) is 0. The van der Waals surface area contributed by atoms with Crippen LogP contribution in [0.25, 0.3) is 42.3 Å². The van der Waals surface area contributed by atoms with Gasteiger partial charge in [0.05, 0.1) is 0 Å². The van der Waals surface area contributed by atoms with Crippen LogP contribution in [0.3, 0.4) is 0 Å². The molecular weight excluding hydrogens is 1100 g/mol. The van der Waals surface area contributed by atoms with E-state index in [1.54, 1.807) is 0 Å². The number of nitrogens with zero attached hydrogens (tertiary/aromatic N) is 8. The van der Waals surface area contributed by atoms with Crippen LogP contribution in [0.1, 0.15) is 0 Å². The fourth-order valence-corrected chi connectivity index (χ4v) is 19.6. The van der Waals surface area contributed by atoms with Crippen molar-refractivity contribution >= 4 is 174 Å². The number of rotatable bonds is 4. The molecule has 0 N–H and O–H groups in total. The average molecular weight is 1150 g/mol. The number of hydrogen-bond donors (Lipinski definition) is 0. The van der Waals surface area contributed by atoms with Gasteiger partial charge in [0.1, 0.15) is 0 Å². The van der Waals surface area contributed by atoms with Crippen molar-refractivity contribution in [1.82, 2.24) is 0 Å². The third-order valence-corrected chi connectivity index (χ3v) is 23.0. The van der Waals surface area contributed by atoms with Gasteiger partial charge in [-0.2, -0.15) is 0 Å². The monoisotopic (exact) mass is 1150 g/mol. The molecule has 396 valence electrons. The second-order valence-electron chi connectivity index (χ2n) is 24.2. The molecule has 8 nitrogen and oxygen atoms in total. The van der Waals surface area contributed by atoms with Gasteiger partial charge in [0, 0.05) is 0 Å². The van der Waals surface area contributed by atoms with Crippen LogP contribution in [0, 0.1) is 0 Å². The van der Waals surface area contributed by atoms with E-state index in [0.717, 1.165) is 0 Å². The van der Waals surface area contributed by atoms with Crippen LogP contribution in [0.2, 0.25) is 0 Å². The van der Waals surface area contributed by atoms with E-state index in [0.29, 0.717) is 0 Å². The molecule has 12 aromatic rings. The molecule has 11 aromatic carbocycles. The first kappa shape index (κ1) is 45.5. The summed E-state index contributed by atoms with van der Waals surface area (Å²) in [5, 5.41) is 0. The first-order valence-corrected chi connectivity index (χ1v) is 31.3. The molecule has 0 saturated carbocycles. The molecule has 0 saturated heterocycles. The van der Waals surface area contributed by atoms with Gasteiger partial charge < -0.3 is 0 Å². The second-order valence-corrected chi connectivity index (χ2v) is 26.3. The Morgan fingerprint density at radius 1 is 0.247 bits per heavy atom. The standard InChI is InChI=1S/C74H48B2N8Se/c1-77-53-27-17-29-55-67(53)83-63-50(39-45(40-59(63)79(55)3)41-19-9-5-10-20-41)76-49-34-33-48-65-66(49)82(52-36-37-57(77)69(83)61(52)76)72-71(73(43-23-13-7-14-24-43)85-74(72)44-25-15-8-16-26-44)81(65)51-35-38-58-70-60(51)75(48)47-32-31-46(42-21-11-6-12-22-42)62-64(47)84(70)68-54(78(58)2)28-18-30-56(68)80(62)4/h5-40H,1-4H3. The van der Waals surface area contributed by atoms with Crippen LogP contribution >= 0.6 is 0 Å². The number of para-hydroxylation sites is 2. The molecule has 1 aromatic heterocycles. The van der Waals surface area contributed by atoms with Crippen LogP contribution in [-0.4, -0.2) is 56.1 Å². The summed E-state index contributed by atoms with van der Waals surface area (Å²) in [6.45, 7) is -0.184. The number of anilines is 20.